The molecule has 0 aliphatic carbocycles. The molecule has 4 N–H and O–H groups in total. The van der Waals surface area contributed by atoms with Crippen molar-refractivity contribution in [3.05, 3.63) is 42.5 Å². The molecule has 0 spiro atoms. The second-order valence-corrected chi connectivity index (χ2v) is 4.57. The number of aliphatic hydroxyl groups excluding tert-OH is 1. The molecule has 102 valence electrons. The molecule has 0 saturated carbocycles. The fourth-order valence-electron chi connectivity index (χ4n) is 2.30. The predicted octanol–water partition coefficient (Wildman–Crippen LogP) is 1.98. The second-order valence-electron chi connectivity index (χ2n) is 4.57. The summed E-state index contributed by atoms with van der Waals surface area (Å²) >= 11 is 0. The standard InChI is InChI=1S/C15H15N3O2/c16-11-6-5-10(9-14(11)20)15-17-12-3-1-2-4-13(12)18(15)7-8-19/h1-6,9,19-20H,7-8,16H2. The van der Waals surface area contributed by atoms with Gasteiger partial charge in [0.1, 0.15) is 11.6 Å². The number of para-hydroxylation sites is 2. The van der Waals surface area contributed by atoms with Crippen LogP contribution in [0.4, 0.5) is 5.69 Å². The first-order valence-electron chi connectivity index (χ1n) is 6.35. The number of nitrogen functional groups attached to an aromatic ring is 1. The Bertz CT molecular complexity index is 765. The number of aromatic hydroxyl groups is 1. The highest BCUT2D eigenvalue weighted by Crippen LogP contribution is 2.29. The van der Waals surface area contributed by atoms with Crippen molar-refractivity contribution in [1.82, 2.24) is 9.55 Å². The molecule has 1 heterocycles. The number of aromatic nitrogens is 2. The highest BCUT2D eigenvalue weighted by atomic mass is 16.3. The van der Waals surface area contributed by atoms with Crippen LogP contribution in [-0.4, -0.2) is 26.4 Å². The van der Waals surface area contributed by atoms with Gasteiger partial charge >= 0.3 is 0 Å². The van der Waals surface area contributed by atoms with E-state index in [0.29, 0.717) is 18.1 Å². The third kappa shape index (κ3) is 1.98. The van der Waals surface area contributed by atoms with E-state index in [1.165, 1.54) is 0 Å². The minimum Gasteiger partial charge on any atom is -0.506 e. The molecule has 5 nitrogen and oxygen atoms in total. The molecule has 3 aromatic rings. The third-order valence-electron chi connectivity index (χ3n) is 3.27. The number of hydrogen-bond donors (Lipinski definition) is 3. The summed E-state index contributed by atoms with van der Waals surface area (Å²) in [7, 11) is 0. The Labute approximate surface area is 115 Å². The van der Waals surface area contributed by atoms with Gasteiger partial charge in [-0.25, -0.2) is 4.98 Å². The lowest BCUT2D eigenvalue weighted by Gasteiger charge is -2.08. The number of fused-ring (bicyclic) bond motifs is 1. The van der Waals surface area contributed by atoms with Crippen molar-refractivity contribution in [3.63, 3.8) is 0 Å². The summed E-state index contributed by atoms with van der Waals surface area (Å²) in [4.78, 5) is 4.57. The second kappa shape index (κ2) is 4.86. The molecular formula is C15H15N3O2. The maximum atomic E-state index is 9.75. The highest BCUT2D eigenvalue weighted by molar-refractivity contribution is 5.81. The number of phenolic OH excluding ortho intramolecular Hbond substituents is 1. The van der Waals surface area contributed by atoms with Crippen LogP contribution in [0.5, 0.6) is 5.75 Å². The van der Waals surface area contributed by atoms with E-state index < -0.39 is 0 Å². The average Bonchev–Trinajstić information content (AvgIpc) is 2.82. The van der Waals surface area contributed by atoms with Gasteiger partial charge in [-0.2, -0.15) is 0 Å². The Balaban J connectivity index is 2.23. The van der Waals surface area contributed by atoms with E-state index in [0.717, 1.165) is 16.6 Å². The van der Waals surface area contributed by atoms with Crippen molar-refractivity contribution in [3.8, 4) is 17.1 Å². The molecule has 0 radical (unpaired) electrons. The molecule has 1 aromatic heterocycles. The Kier molecular flexibility index (Phi) is 3.04. The summed E-state index contributed by atoms with van der Waals surface area (Å²) in [6, 6.07) is 12.8. The molecule has 0 amide bonds. The normalized spacial score (nSPS) is 11.1. The van der Waals surface area contributed by atoms with Crippen LogP contribution < -0.4 is 5.73 Å². The fraction of sp³-hybridized carbons (Fsp3) is 0.133. The number of anilines is 1. The zero-order chi connectivity index (χ0) is 14.1. The first kappa shape index (κ1) is 12.5. The van der Waals surface area contributed by atoms with Gasteiger partial charge in [0.25, 0.3) is 0 Å². The first-order chi connectivity index (χ1) is 9.70. The summed E-state index contributed by atoms with van der Waals surface area (Å²) in [5, 5.41) is 19.0. The lowest BCUT2D eigenvalue weighted by molar-refractivity contribution is 0.278. The molecule has 0 atom stereocenters. The molecule has 0 aliphatic heterocycles. The monoisotopic (exact) mass is 269 g/mol. The van der Waals surface area contributed by atoms with Crippen LogP contribution >= 0.6 is 0 Å². The molecule has 0 unspecified atom stereocenters. The van der Waals surface area contributed by atoms with E-state index in [1.54, 1.807) is 12.1 Å². The van der Waals surface area contributed by atoms with Gasteiger partial charge in [-0.3, -0.25) is 0 Å². The molecule has 0 bridgehead atoms. The van der Waals surface area contributed by atoms with Gasteiger partial charge < -0.3 is 20.5 Å². The smallest absolute Gasteiger partial charge is 0.141 e. The van der Waals surface area contributed by atoms with Crippen molar-refractivity contribution in [2.75, 3.05) is 12.3 Å². The minimum absolute atomic E-state index is 0.0221. The van der Waals surface area contributed by atoms with Gasteiger partial charge in [0, 0.05) is 12.1 Å². The van der Waals surface area contributed by atoms with Crippen molar-refractivity contribution < 1.29 is 10.2 Å². The van der Waals surface area contributed by atoms with Crippen molar-refractivity contribution >= 4 is 16.7 Å². The molecule has 2 aromatic carbocycles. The predicted molar refractivity (Wildman–Crippen MR) is 78.3 cm³/mol. The van der Waals surface area contributed by atoms with Crippen molar-refractivity contribution in [2.24, 2.45) is 0 Å². The number of benzene rings is 2. The molecular weight excluding hydrogens is 254 g/mol. The summed E-state index contributed by atoms with van der Waals surface area (Å²) in [6.45, 7) is 0.468. The van der Waals surface area contributed by atoms with Gasteiger partial charge in [0.2, 0.25) is 0 Å². The number of hydrogen-bond acceptors (Lipinski definition) is 4. The van der Waals surface area contributed by atoms with E-state index in [9.17, 15) is 10.2 Å². The van der Waals surface area contributed by atoms with E-state index in [-0.39, 0.29) is 12.4 Å². The molecule has 5 heteroatoms. The van der Waals surface area contributed by atoms with Gasteiger partial charge in [-0.05, 0) is 30.3 Å². The molecule has 0 fully saturated rings. The summed E-state index contributed by atoms with van der Waals surface area (Å²) in [5.74, 6) is 0.737. The molecule has 0 aliphatic rings. The number of nitrogens with two attached hydrogens (primary N) is 1. The maximum absolute atomic E-state index is 9.75. The van der Waals surface area contributed by atoms with Crippen LogP contribution in [0.25, 0.3) is 22.4 Å². The number of nitrogens with zero attached hydrogens (tertiary/aromatic N) is 2. The largest absolute Gasteiger partial charge is 0.506 e. The zero-order valence-electron chi connectivity index (χ0n) is 10.8. The van der Waals surface area contributed by atoms with Crippen LogP contribution in [0, 0.1) is 0 Å². The van der Waals surface area contributed by atoms with Crippen LogP contribution in [0.15, 0.2) is 42.5 Å². The summed E-state index contributed by atoms with van der Waals surface area (Å²) < 4.78 is 1.93. The first-order valence-corrected chi connectivity index (χ1v) is 6.35. The SMILES string of the molecule is Nc1ccc(-c2nc3ccccc3n2CCO)cc1O. The molecule has 20 heavy (non-hydrogen) atoms. The van der Waals surface area contributed by atoms with E-state index in [4.69, 9.17) is 5.73 Å². The maximum Gasteiger partial charge on any atom is 0.141 e. The number of imidazole rings is 1. The average molecular weight is 269 g/mol. The summed E-state index contributed by atoms with van der Waals surface area (Å²) in [6.07, 6.45) is 0. The number of phenols is 1. The molecule has 0 saturated heterocycles. The fourth-order valence-corrected chi connectivity index (χ4v) is 2.30. The third-order valence-corrected chi connectivity index (χ3v) is 3.27. The van der Waals surface area contributed by atoms with Crippen molar-refractivity contribution in [1.29, 1.82) is 0 Å². The van der Waals surface area contributed by atoms with Crippen LogP contribution in [0.1, 0.15) is 0 Å². The Morgan fingerprint density at radius 2 is 1.95 bits per heavy atom. The quantitative estimate of drug-likeness (QED) is 0.501. The lowest BCUT2D eigenvalue weighted by atomic mass is 10.2. The van der Waals surface area contributed by atoms with Crippen molar-refractivity contribution in [2.45, 2.75) is 6.54 Å². The minimum atomic E-state index is 0.0221. The Hall–Kier alpha value is -2.53. The van der Waals surface area contributed by atoms with Gasteiger partial charge in [0.05, 0.1) is 23.3 Å². The Morgan fingerprint density at radius 1 is 1.15 bits per heavy atom. The van der Waals surface area contributed by atoms with Gasteiger partial charge in [-0.15, -0.1) is 0 Å². The number of rotatable bonds is 3. The number of aliphatic hydroxyl groups is 1. The van der Waals surface area contributed by atoms with Gasteiger partial charge in [-0.1, -0.05) is 12.1 Å². The van der Waals surface area contributed by atoms with E-state index in [1.807, 2.05) is 34.9 Å². The van der Waals surface area contributed by atoms with E-state index in [2.05, 4.69) is 4.98 Å². The van der Waals surface area contributed by atoms with E-state index >= 15 is 0 Å². The lowest BCUT2D eigenvalue weighted by Crippen LogP contribution is -2.04. The van der Waals surface area contributed by atoms with Crippen LogP contribution in [0.3, 0.4) is 0 Å². The summed E-state index contributed by atoms with van der Waals surface area (Å²) in [5.41, 5.74) is 8.52. The van der Waals surface area contributed by atoms with Crippen LogP contribution in [0.2, 0.25) is 0 Å². The Morgan fingerprint density at radius 3 is 2.70 bits per heavy atom. The van der Waals surface area contributed by atoms with Crippen LogP contribution in [-0.2, 0) is 6.54 Å². The zero-order valence-corrected chi connectivity index (χ0v) is 10.8. The molecule has 3 rings (SSSR count). The topological polar surface area (TPSA) is 84.3 Å². The highest BCUT2D eigenvalue weighted by Gasteiger charge is 2.13. The van der Waals surface area contributed by atoms with Gasteiger partial charge in [0.15, 0.2) is 0 Å².